The Hall–Kier alpha value is -2.40. The number of imidazole rings is 1. The molecule has 2 atom stereocenters. The van der Waals surface area contributed by atoms with E-state index in [9.17, 15) is 9.90 Å². The Morgan fingerprint density at radius 1 is 1.38 bits per heavy atom. The number of aromatic nitrogens is 3. The lowest BCUT2D eigenvalue weighted by Gasteiger charge is -2.19. The summed E-state index contributed by atoms with van der Waals surface area (Å²) in [4.78, 5) is 15.1. The van der Waals surface area contributed by atoms with E-state index in [1.807, 2.05) is 24.3 Å². The minimum Gasteiger partial charge on any atom is -0.465 e. The van der Waals surface area contributed by atoms with Crippen LogP contribution in [0.15, 0.2) is 47.2 Å². The van der Waals surface area contributed by atoms with E-state index in [0.717, 1.165) is 9.13 Å². The van der Waals surface area contributed by atoms with Gasteiger partial charge in [0, 0.05) is 34.1 Å². The van der Waals surface area contributed by atoms with Crippen molar-refractivity contribution in [2.75, 3.05) is 6.54 Å². The minimum absolute atomic E-state index is 0.0596. The van der Waals surface area contributed by atoms with Crippen LogP contribution in [0.25, 0.3) is 11.3 Å². The Bertz CT molecular complexity index is 888. The molecule has 0 spiro atoms. The van der Waals surface area contributed by atoms with Crippen molar-refractivity contribution in [2.45, 2.75) is 19.1 Å². The summed E-state index contributed by atoms with van der Waals surface area (Å²) in [5.41, 5.74) is 1.41. The first-order chi connectivity index (χ1) is 12.5. The third-order valence-electron chi connectivity index (χ3n) is 3.85. The van der Waals surface area contributed by atoms with Gasteiger partial charge in [-0.1, -0.05) is 17.3 Å². The molecular formula is C17H17IN4O4. The number of benzene rings is 1. The van der Waals surface area contributed by atoms with Crippen LogP contribution in [-0.4, -0.2) is 37.6 Å². The number of carbonyl (C=O) groups is 1. The molecule has 0 saturated heterocycles. The first kappa shape index (κ1) is 18.4. The van der Waals surface area contributed by atoms with Crippen molar-refractivity contribution >= 4 is 28.7 Å². The second kappa shape index (κ2) is 7.87. The standard InChI is InChI=1S/C17H17IN4O4/c1-10(23)16-19-6-7-22(16)14(9-20-17(24)25)13-8-15(26-21-13)11-2-4-12(18)5-3-11/h2-8,10,14,20,23H,9H2,1H3,(H,24,25). The van der Waals surface area contributed by atoms with Crippen LogP contribution in [0.5, 0.6) is 0 Å². The molecule has 1 amide bonds. The Morgan fingerprint density at radius 2 is 2.12 bits per heavy atom. The van der Waals surface area contributed by atoms with Crippen molar-refractivity contribution in [1.29, 1.82) is 0 Å². The van der Waals surface area contributed by atoms with Gasteiger partial charge in [0.25, 0.3) is 0 Å². The molecule has 3 rings (SSSR count). The number of aliphatic hydroxyl groups is 1. The van der Waals surface area contributed by atoms with E-state index in [0.29, 0.717) is 17.3 Å². The second-order valence-electron chi connectivity index (χ2n) is 5.69. The Morgan fingerprint density at radius 3 is 2.77 bits per heavy atom. The van der Waals surface area contributed by atoms with Crippen molar-refractivity contribution in [3.63, 3.8) is 0 Å². The smallest absolute Gasteiger partial charge is 0.404 e. The number of carboxylic acid groups (broad SMARTS) is 1. The third kappa shape index (κ3) is 4.05. The number of rotatable bonds is 6. The maximum atomic E-state index is 11.0. The van der Waals surface area contributed by atoms with Crippen molar-refractivity contribution in [1.82, 2.24) is 20.0 Å². The highest BCUT2D eigenvalue weighted by molar-refractivity contribution is 14.1. The van der Waals surface area contributed by atoms with E-state index < -0.39 is 18.2 Å². The molecule has 8 nitrogen and oxygen atoms in total. The highest BCUT2D eigenvalue weighted by atomic mass is 127. The monoisotopic (exact) mass is 468 g/mol. The van der Waals surface area contributed by atoms with E-state index >= 15 is 0 Å². The highest BCUT2D eigenvalue weighted by Gasteiger charge is 2.23. The average Bonchev–Trinajstić information content (AvgIpc) is 3.25. The molecule has 136 valence electrons. The van der Waals surface area contributed by atoms with Gasteiger partial charge in [0.05, 0.1) is 6.04 Å². The molecule has 0 aliphatic heterocycles. The minimum atomic E-state index is -1.14. The first-order valence-corrected chi connectivity index (χ1v) is 8.93. The van der Waals surface area contributed by atoms with Gasteiger partial charge in [-0.3, -0.25) is 0 Å². The van der Waals surface area contributed by atoms with E-state index in [1.165, 1.54) is 0 Å². The zero-order chi connectivity index (χ0) is 18.7. The predicted molar refractivity (Wildman–Crippen MR) is 102 cm³/mol. The van der Waals surface area contributed by atoms with Gasteiger partial charge in [-0.15, -0.1) is 0 Å². The summed E-state index contributed by atoms with van der Waals surface area (Å²) in [6.07, 6.45) is 1.28. The summed E-state index contributed by atoms with van der Waals surface area (Å²) in [5.74, 6) is 0.997. The summed E-state index contributed by atoms with van der Waals surface area (Å²) < 4.78 is 8.25. The predicted octanol–water partition coefficient (Wildman–Crippen LogP) is 3.05. The molecule has 0 bridgehead atoms. The van der Waals surface area contributed by atoms with E-state index in [4.69, 9.17) is 9.63 Å². The fourth-order valence-electron chi connectivity index (χ4n) is 2.64. The van der Waals surface area contributed by atoms with Gasteiger partial charge in [-0.05, 0) is 41.6 Å². The molecule has 3 N–H and O–H groups in total. The first-order valence-electron chi connectivity index (χ1n) is 7.86. The zero-order valence-corrected chi connectivity index (χ0v) is 16.0. The molecule has 26 heavy (non-hydrogen) atoms. The molecule has 0 radical (unpaired) electrons. The van der Waals surface area contributed by atoms with Crippen LogP contribution in [0.2, 0.25) is 0 Å². The van der Waals surface area contributed by atoms with Gasteiger partial charge in [0.15, 0.2) is 5.76 Å². The van der Waals surface area contributed by atoms with Crippen LogP contribution in [0, 0.1) is 3.57 Å². The van der Waals surface area contributed by atoms with Crippen LogP contribution in [0.3, 0.4) is 0 Å². The van der Waals surface area contributed by atoms with E-state index in [-0.39, 0.29) is 6.54 Å². The fraction of sp³-hybridized carbons (Fsp3) is 0.235. The average molecular weight is 468 g/mol. The van der Waals surface area contributed by atoms with Crippen molar-refractivity contribution in [3.8, 4) is 11.3 Å². The Kier molecular flexibility index (Phi) is 5.57. The topological polar surface area (TPSA) is 113 Å². The van der Waals surface area contributed by atoms with Gasteiger partial charge in [-0.25, -0.2) is 9.78 Å². The number of hydrogen-bond donors (Lipinski definition) is 3. The molecule has 0 aliphatic carbocycles. The molecule has 2 heterocycles. The lowest BCUT2D eigenvalue weighted by molar-refractivity contribution is 0.180. The number of nitrogens with one attached hydrogen (secondary N) is 1. The van der Waals surface area contributed by atoms with E-state index in [2.05, 4.69) is 38.0 Å². The lowest BCUT2D eigenvalue weighted by atomic mass is 10.1. The number of amides is 1. The van der Waals surface area contributed by atoms with Crippen molar-refractivity contribution in [3.05, 3.63) is 57.8 Å². The maximum absolute atomic E-state index is 11.0. The van der Waals surface area contributed by atoms with Crippen LogP contribution in [0.4, 0.5) is 4.79 Å². The van der Waals surface area contributed by atoms with Gasteiger partial charge < -0.3 is 24.6 Å². The molecular weight excluding hydrogens is 451 g/mol. The molecule has 2 unspecified atom stereocenters. The molecule has 0 fully saturated rings. The fourth-order valence-corrected chi connectivity index (χ4v) is 3.00. The van der Waals surface area contributed by atoms with Crippen LogP contribution in [-0.2, 0) is 0 Å². The molecule has 0 saturated carbocycles. The molecule has 3 aromatic rings. The highest BCUT2D eigenvalue weighted by Crippen LogP contribution is 2.27. The van der Waals surface area contributed by atoms with Crippen molar-refractivity contribution in [2.24, 2.45) is 0 Å². The van der Waals surface area contributed by atoms with Crippen molar-refractivity contribution < 1.29 is 19.5 Å². The van der Waals surface area contributed by atoms with Crippen LogP contribution >= 0.6 is 22.6 Å². The maximum Gasteiger partial charge on any atom is 0.404 e. The third-order valence-corrected chi connectivity index (χ3v) is 4.57. The Balaban J connectivity index is 1.95. The summed E-state index contributed by atoms with van der Waals surface area (Å²) in [6, 6.07) is 9.04. The molecule has 9 heteroatoms. The quantitative estimate of drug-likeness (QED) is 0.480. The lowest BCUT2D eigenvalue weighted by Crippen LogP contribution is -2.31. The van der Waals surface area contributed by atoms with Gasteiger partial charge in [0.1, 0.15) is 17.6 Å². The molecule has 0 aliphatic rings. The largest absolute Gasteiger partial charge is 0.465 e. The SMILES string of the molecule is CC(O)c1nccn1C(CNC(=O)O)c1cc(-c2ccc(I)cc2)on1. The number of nitrogens with zero attached hydrogens (tertiary/aromatic N) is 3. The number of aliphatic hydroxyl groups excluding tert-OH is 1. The van der Waals surface area contributed by atoms with Gasteiger partial charge >= 0.3 is 6.09 Å². The molecule has 1 aromatic carbocycles. The summed E-state index contributed by atoms with van der Waals surface area (Å²) >= 11 is 2.22. The summed E-state index contributed by atoms with van der Waals surface area (Å²) in [5, 5.41) is 25.3. The zero-order valence-electron chi connectivity index (χ0n) is 13.8. The van der Waals surface area contributed by atoms with E-state index in [1.54, 1.807) is 30.0 Å². The Labute approximate surface area is 163 Å². The molecule has 2 aromatic heterocycles. The van der Waals surface area contributed by atoms with Gasteiger partial charge in [-0.2, -0.15) is 0 Å². The van der Waals surface area contributed by atoms with Crippen LogP contribution < -0.4 is 5.32 Å². The summed E-state index contributed by atoms with van der Waals surface area (Å²) in [6.45, 7) is 1.66. The summed E-state index contributed by atoms with van der Waals surface area (Å²) in [7, 11) is 0. The van der Waals surface area contributed by atoms with Crippen LogP contribution in [0.1, 0.15) is 30.6 Å². The number of halogens is 1. The van der Waals surface area contributed by atoms with Gasteiger partial charge in [0.2, 0.25) is 0 Å². The second-order valence-corrected chi connectivity index (χ2v) is 6.94. The normalized spacial score (nSPS) is 13.3. The number of hydrogen-bond acceptors (Lipinski definition) is 5.